The Labute approximate surface area is 171 Å². The van der Waals surface area contributed by atoms with Crippen molar-refractivity contribution in [3.05, 3.63) is 0 Å². The van der Waals surface area contributed by atoms with Gasteiger partial charge in [0.1, 0.15) is 6.61 Å². The van der Waals surface area contributed by atoms with Crippen molar-refractivity contribution in [3.63, 3.8) is 0 Å². The first-order valence-corrected chi connectivity index (χ1v) is 9.37. The van der Waals surface area contributed by atoms with E-state index in [1.54, 1.807) is 0 Å². The fourth-order valence-corrected chi connectivity index (χ4v) is 1.74. The normalized spacial score (nSPS) is 14.9. The van der Waals surface area contributed by atoms with E-state index in [0.29, 0.717) is 12.8 Å². The Hall–Kier alpha value is -1.34. The SMILES string of the molecule is CCC(CO)OC(CO)OC.CCC(CO)OC(COC(=O)CCC(=O)O)OC. The molecule has 0 saturated heterocycles. The summed E-state index contributed by atoms with van der Waals surface area (Å²) < 4.78 is 24.9. The molecule has 0 radical (unpaired) electrons. The summed E-state index contributed by atoms with van der Waals surface area (Å²) in [5, 5.41) is 34.7. The zero-order valence-corrected chi connectivity index (χ0v) is 17.6. The average molecular weight is 428 g/mol. The van der Waals surface area contributed by atoms with E-state index in [1.807, 2.05) is 13.8 Å². The van der Waals surface area contributed by atoms with Crippen molar-refractivity contribution in [2.45, 2.75) is 64.3 Å². The van der Waals surface area contributed by atoms with Crippen LogP contribution in [0.3, 0.4) is 0 Å². The summed E-state index contributed by atoms with van der Waals surface area (Å²) in [6, 6.07) is 0. The second-order valence-electron chi connectivity index (χ2n) is 5.79. The van der Waals surface area contributed by atoms with Crippen molar-refractivity contribution in [1.29, 1.82) is 0 Å². The van der Waals surface area contributed by atoms with Gasteiger partial charge in [0.25, 0.3) is 0 Å². The van der Waals surface area contributed by atoms with Crippen LogP contribution >= 0.6 is 0 Å². The molecule has 11 heteroatoms. The molecule has 0 spiro atoms. The minimum absolute atomic E-state index is 0.0453. The van der Waals surface area contributed by atoms with Crippen LogP contribution in [0.25, 0.3) is 0 Å². The van der Waals surface area contributed by atoms with Crippen molar-refractivity contribution in [2.75, 3.05) is 40.6 Å². The van der Waals surface area contributed by atoms with Crippen molar-refractivity contribution in [2.24, 2.45) is 0 Å². The van der Waals surface area contributed by atoms with E-state index in [9.17, 15) is 9.59 Å². The van der Waals surface area contributed by atoms with Gasteiger partial charge >= 0.3 is 11.9 Å². The summed E-state index contributed by atoms with van der Waals surface area (Å²) in [5.41, 5.74) is 0. The van der Waals surface area contributed by atoms with E-state index in [1.165, 1.54) is 14.2 Å². The molecular formula is C18H36O11. The highest BCUT2D eigenvalue weighted by Crippen LogP contribution is 2.05. The molecule has 29 heavy (non-hydrogen) atoms. The van der Waals surface area contributed by atoms with Gasteiger partial charge in [-0.2, -0.15) is 0 Å². The summed E-state index contributed by atoms with van der Waals surface area (Å²) in [5.74, 6) is -1.68. The Morgan fingerprint density at radius 1 is 0.793 bits per heavy atom. The molecular weight excluding hydrogens is 392 g/mol. The van der Waals surface area contributed by atoms with Crippen LogP contribution in [0, 0.1) is 0 Å². The zero-order chi connectivity index (χ0) is 22.7. The van der Waals surface area contributed by atoms with Crippen molar-refractivity contribution < 1.29 is 53.7 Å². The van der Waals surface area contributed by atoms with Crippen LogP contribution in [0.15, 0.2) is 0 Å². The molecule has 0 bridgehead atoms. The van der Waals surface area contributed by atoms with E-state index in [4.69, 9.17) is 44.1 Å². The summed E-state index contributed by atoms with van der Waals surface area (Å²) in [7, 11) is 2.84. The molecule has 4 N–H and O–H groups in total. The molecule has 4 unspecified atom stereocenters. The Bertz CT molecular complexity index is 383. The van der Waals surface area contributed by atoms with Crippen molar-refractivity contribution >= 4 is 11.9 Å². The third kappa shape index (κ3) is 17.2. The highest BCUT2D eigenvalue weighted by molar-refractivity contribution is 5.76. The minimum Gasteiger partial charge on any atom is -0.481 e. The number of aliphatic hydroxyl groups excluding tert-OH is 3. The molecule has 0 aliphatic carbocycles. The lowest BCUT2D eigenvalue weighted by atomic mass is 10.3. The largest absolute Gasteiger partial charge is 0.481 e. The van der Waals surface area contributed by atoms with Gasteiger partial charge in [-0.25, -0.2) is 0 Å². The van der Waals surface area contributed by atoms with E-state index in [2.05, 4.69) is 0 Å². The van der Waals surface area contributed by atoms with Gasteiger partial charge < -0.3 is 44.1 Å². The third-order valence-corrected chi connectivity index (χ3v) is 3.60. The molecule has 4 atom stereocenters. The predicted octanol–water partition coefficient (Wildman–Crippen LogP) is -0.107. The maximum absolute atomic E-state index is 11.1. The highest BCUT2D eigenvalue weighted by atomic mass is 16.7. The lowest BCUT2D eigenvalue weighted by molar-refractivity contribution is -0.195. The Morgan fingerprint density at radius 3 is 1.62 bits per heavy atom. The molecule has 0 aliphatic heterocycles. The molecule has 0 fully saturated rings. The number of ether oxygens (including phenoxy) is 5. The number of aliphatic hydroxyl groups is 3. The topological polar surface area (TPSA) is 161 Å². The second kappa shape index (κ2) is 20.0. The number of carbonyl (C=O) groups is 2. The second-order valence-corrected chi connectivity index (χ2v) is 5.79. The number of methoxy groups -OCH3 is 2. The average Bonchev–Trinajstić information content (AvgIpc) is 2.74. The van der Waals surface area contributed by atoms with E-state index in [-0.39, 0.29) is 51.5 Å². The van der Waals surface area contributed by atoms with Gasteiger partial charge in [0.05, 0.1) is 44.9 Å². The Morgan fingerprint density at radius 2 is 1.28 bits per heavy atom. The molecule has 11 nitrogen and oxygen atoms in total. The summed E-state index contributed by atoms with van der Waals surface area (Å²) >= 11 is 0. The number of esters is 1. The van der Waals surface area contributed by atoms with Crippen LogP contribution in [-0.4, -0.2) is 97.8 Å². The van der Waals surface area contributed by atoms with Crippen LogP contribution in [0.4, 0.5) is 0 Å². The monoisotopic (exact) mass is 428 g/mol. The van der Waals surface area contributed by atoms with Crippen LogP contribution in [0.2, 0.25) is 0 Å². The van der Waals surface area contributed by atoms with Crippen LogP contribution in [-0.2, 0) is 33.3 Å². The molecule has 0 aromatic carbocycles. The van der Waals surface area contributed by atoms with Gasteiger partial charge in [0.2, 0.25) is 0 Å². The molecule has 0 rings (SSSR count). The number of hydrogen-bond acceptors (Lipinski definition) is 10. The highest BCUT2D eigenvalue weighted by Gasteiger charge is 2.17. The van der Waals surface area contributed by atoms with Crippen LogP contribution in [0.5, 0.6) is 0 Å². The fourth-order valence-electron chi connectivity index (χ4n) is 1.74. The Kier molecular flexibility index (Phi) is 20.5. The number of carboxylic acids is 1. The van der Waals surface area contributed by atoms with E-state index in [0.717, 1.165) is 0 Å². The van der Waals surface area contributed by atoms with Crippen molar-refractivity contribution in [1.82, 2.24) is 0 Å². The van der Waals surface area contributed by atoms with Gasteiger partial charge in [-0.15, -0.1) is 0 Å². The van der Waals surface area contributed by atoms with Gasteiger partial charge in [0, 0.05) is 14.2 Å². The molecule has 174 valence electrons. The fraction of sp³-hybridized carbons (Fsp3) is 0.889. The van der Waals surface area contributed by atoms with E-state index < -0.39 is 24.5 Å². The minimum atomic E-state index is -1.06. The number of hydrogen-bond donors (Lipinski definition) is 4. The quantitative estimate of drug-likeness (QED) is 0.192. The smallest absolute Gasteiger partial charge is 0.306 e. The Balaban J connectivity index is 0. The summed E-state index contributed by atoms with van der Waals surface area (Å²) in [4.78, 5) is 21.4. The standard InChI is InChI=1S/C11H20O7.C7H16O4/c1-3-8(6-12)18-11(16-2)7-17-10(15)5-4-9(13)14;1-3-6(4-8)11-7(5-9)10-2/h8,11-12H,3-7H2,1-2H3,(H,13,14);6-9H,3-5H2,1-2H3. The van der Waals surface area contributed by atoms with Gasteiger partial charge in [-0.05, 0) is 12.8 Å². The van der Waals surface area contributed by atoms with Crippen molar-refractivity contribution in [3.8, 4) is 0 Å². The number of carbonyl (C=O) groups excluding carboxylic acids is 1. The van der Waals surface area contributed by atoms with Crippen LogP contribution < -0.4 is 0 Å². The first-order chi connectivity index (χ1) is 13.8. The predicted molar refractivity (Wildman–Crippen MR) is 101 cm³/mol. The lowest BCUT2D eigenvalue weighted by Crippen LogP contribution is -2.30. The summed E-state index contributed by atoms with van der Waals surface area (Å²) in [6.45, 7) is 3.22. The number of aliphatic carboxylic acids is 1. The van der Waals surface area contributed by atoms with Crippen LogP contribution in [0.1, 0.15) is 39.5 Å². The van der Waals surface area contributed by atoms with Gasteiger partial charge in [-0.1, -0.05) is 13.8 Å². The summed E-state index contributed by atoms with van der Waals surface area (Å²) in [6.07, 6.45) is -1.17. The maximum atomic E-state index is 11.1. The molecule has 0 amide bonds. The van der Waals surface area contributed by atoms with Gasteiger partial charge in [-0.3, -0.25) is 9.59 Å². The molecule has 0 aromatic heterocycles. The number of carboxylic acid groups (broad SMARTS) is 1. The molecule has 0 saturated carbocycles. The first kappa shape index (κ1) is 29.9. The molecule has 0 aliphatic rings. The van der Waals surface area contributed by atoms with Gasteiger partial charge in [0.15, 0.2) is 12.6 Å². The first-order valence-electron chi connectivity index (χ1n) is 9.37. The maximum Gasteiger partial charge on any atom is 0.306 e. The molecule has 0 heterocycles. The van der Waals surface area contributed by atoms with E-state index >= 15 is 0 Å². The lowest BCUT2D eigenvalue weighted by Gasteiger charge is -2.21. The zero-order valence-electron chi connectivity index (χ0n) is 17.6. The third-order valence-electron chi connectivity index (χ3n) is 3.60. The molecule has 0 aromatic rings. The number of rotatable bonds is 16.